The van der Waals surface area contributed by atoms with Gasteiger partial charge in [0.15, 0.2) is 0 Å². The highest BCUT2D eigenvalue weighted by atomic mass is 15.1. The summed E-state index contributed by atoms with van der Waals surface area (Å²) in [6.45, 7) is 8.52. The second-order valence-electron chi connectivity index (χ2n) is 4.92. The van der Waals surface area contributed by atoms with Crippen LogP contribution < -0.4 is 0 Å². The molecule has 0 amide bonds. The normalized spacial score (nSPS) is 13.2. The van der Waals surface area contributed by atoms with Crippen molar-refractivity contribution in [2.45, 2.75) is 46.2 Å². The zero-order valence-electron chi connectivity index (χ0n) is 11.0. The van der Waals surface area contributed by atoms with E-state index < -0.39 is 0 Å². The summed E-state index contributed by atoms with van der Waals surface area (Å²) in [4.78, 5) is 8.69. The SMILES string of the molecule is Cc1cn(C(C)Cc2cn(C(C)C)cn2)cn1. The first-order valence-corrected chi connectivity index (χ1v) is 6.08. The Labute approximate surface area is 102 Å². The minimum absolute atomic E-state index is 0.395. The lowest BCUT2D eigenvalue weighted by atomic mass is 10.2. The van der Waals surface area contributed by atoms with E-state index in [1.54, 1.807) is 0 Å². The van der Waals surface area contributed by atoms with E-state index in [1.807, 2.05) is 19.6 Å². The van der Waals surface area contributed by atoms with Gasteiger partial charge in [-0.2, -0.15) is 0 Å². The third-order valence-electron chi connectivity index (χ3n) is 3.00. The minimum atomic E-state index is 0.395. The maximum atomic E-state index is 4.44. The Bertz CT molecular complexity index is 481. The molecule has 0 fully saturated rings. The average molecular weight is 232 g/mol. The second-order valence-corrected chi connectivity index (χ2v) is 4.92. The fourth-order valence-corrected chi connectivity index (χ4v) is 1.86. The van der Waals surface area contributed by atoms with Crippen LogP contribution in [0.25, 0.3) is 0 Å². The zero-order chi connectivity index (χ0) is 12.4. The molecule has 4 nitrogen and oxygen atoms in total. The van der Waals surface area contributed by atoms with Gasteiger partial charge in [-0.05, 0) is 27.7 Å². The number of aromatic nitrogens is 4. The highest BCUT2D eigenvalue weighted by molar-refractivity contribution is 5.01. The molecule has 4 heteroatoms. The Hall–Kier alpha value is -1.58. The van der Waals surface area contributed by atoms with Crippen LogP contribution in [0.4, 0.5) is 0 Å². The van der Waals surface area contributed by atoms with Gasteiger partial charge in [0.25, 0.3) is 0 Å². The lowest BCUT2D eigenvalue weighted by molar-refractivity contribution is 0.537. The standard InChI is InChI=1S/C13H20N4/c1-10(2)16-7-13(15-9-16)5-12(4)17-6-11(3)14-8-17/h6-10,12H,5H2,1-4H3. The predicted octanol–water partition coefficient (Wildman–Crippen LogP) is 2.77. The van der Waals surface area contributed by atoms with Crippen molar-refractivity contribution < 1.29 is 0 Å². The summed E-state index contributed by atoms with van der Waals surface area (Å²) in [6, 6.07) is 0.869. The predicted molar refractivity (Wildman–Crippen MR) is 68.0 cm³/mol. The molecule has 2 aromatic rings. The molecule has 92 valence electrons. The van der Waals surface area contributed by atoms with Crippen molar-refractivity contribution >= 4 is 0 Å². The maximum Gasteiger partial charge on any atom is 0.0951 e. The molecule has 0 N–H and O–H groups in total. The summed E-state index contributed by atoms with van der Waals surface area (Å²) in [5.41, 5.74) is 2.20. The lowest BCUT2D eigenvalue weighted by Crippen LogP contribution is -2.06. The molecule has 0 spiro atoms. The number of imidazole rings is 2. The van der Waals surface area contributed by atoms with Crippen LogP contribution in [0.3, 0.4) is 0 Å². The molecule has 1 unspecified atom stereocenters. The summed E-state index contributed by atoms with van der Waals surface area (Å²) < 4.78 is 4.28. The van der Waals surface area contributed by atoms with Gasteiger partial charge in [0.2, 0.25) is 0 Å². The highest BCUT2D eigenvalue weighted by Crippen LogP contribution is 2.14. The lowest BCUT2D eigenvalue weighted by Gasteiger charge is -2.11. The molecular formula is C13H20N4. The van der Waals surface area contributed by atoms with Gasteiger partial charge in [-0.1, -0.05) is 0 Å². The maximum absolute atomic E-state index is 4.44. The molecule has 2 heterocycles. The van der Waals surface area contributed by atoms with Gasteiger partial charge in [-0.25, -0.2) is 9.97 Å². The molecule has 0 aromatic carbocycles. The fraction of sp³-hybridized carbons (Fsp3) is 0.538. The van der Waals surface area contributed by atoms with E-state index >= 15 is 0 Å². The Morgan fingerprint density at radius 2 is 1.76 bits per heavy atom. The highest BCUT2D eigenvalue weighted by Gasteiger charge is 2.09. The number of hydrogen-bond acceptors (Lipinski definition) is 2. The molecule has 0 bridgehead atoms. The third kappa shape index (κ3) is 2.75. The van der Waals surface area contributed by atoms with Crippen LogP contribution in [0.1, 0.15) is 44.2 Å². The summed E-state index contributed by atoms with van der Waals surface area (Å²) in [7, 11) is 0. The molecule has 0 radical (unpaired) electrons. The van der Waals surface area contributed by atoms with Gasteiger partial charge in [-0.3, -0.25) is 0 Å². The Morgan fingerprint density at radius 3 is 2.29 bits per heavy atom. The van der Waals surface area contributed by atoms with Crippen LogP contribution in [-0.4, -0.2) is 19.1 Å². The van der Waals surface area contributed by atoms with Gasteiger partial charge < -0.3 is 9.13 Å². The Morgan fingerprint density at radius 1 is 1.06 bits per heavy atom. The third-order valence-corrected chi connectivity index (χ3v) is 3.00. The van der Waals surface area contributed by atoms with Crippen LogP contribution in [0.2, 0.25) is 0 Å². The molecule has 0 saturated carbocycles. The first-order chi connectivity index (χ1) is 8.06. The minimum Gasteiger partial charge on any atom is -0.335 e. The molecule has 1 atom stereocenters. The van der Waals surface area contributed by atoms with E-state index in [1.165, 1.54) is 0 Å². The quantitative estimate of drug-likeness (QED) is 0.812. The first kappa shape index (κ1) is 11.9. The van der Waals surface area contributed by atoms with Gasteiger partial charge in [-0.15, -0.1) is 0 Å². The van der Waals surface area contributed by atoms with Crippen LogP contribution in [0.15, 0.2) is 25.0 Å². The molecule has 0 aliphatic rings. The van der Waals surface area contributed by atoms with Crippen molar-refractivity contribution in [2.24, 2.45) is 0 Å². The van der Waals surface area contributed by atoms with Crippen molar-refractivity contribution in [1.29, 1.82) is 0 Å². The monoisotopic (exact) mass is 232 g/mol. The van der Waals surface area contributed by atoms with Crippen LogP contribution in [0.5, 0.6) is 0 Å². The summed E-state index contributed by atoms with van der Waals surface area (Å²) in [6.07, 6.45) is 8.94. The fourth-order valence-electron chi connectivity index (χ4n) is 1.86. The van der Waals surface area contributed by atoms with Crippen molar-refractivity contribution in [1.82, 2.24) is 19.1 Å². The number of hydrogen-bond donors (Lipinski definition) is 0. The molecule has 0 saturated heterocycles. The molecule has 2 aromatic heterocycles. The second kappa shape index (κ2) is 4.73. The van der Waals surface area contributed by atoms with Crippen molar-refractivity contribution in [2.75, 3.05) is 0 Å². The summed E-state index contributed by atoms with van der Waals surface area (Å²) >= 11 is 0. The topological polar surface area (TPSA) is 35.6 Å². The summed E-state index contributed by atoms with van der Waals surface area (Å²) in [5.74, 6) is 0. The summed E-state index contributed by atoms with van der Waals surface area (Å²) in [5, 5.41) is 0. The number of rotatable bonds is 4. The van der Waals surface area contributed by atoms with E-state index in [9.17, 15) is 0 Å². The van der Waals surface area contributed by atoms with E-state index in [2.05, 4.69) is 52.3 Å². The Kier molecular flexibility index (Phi) is 3.31. The van der Waals surface area contributed by atoms with E-state index in [-0.39, 0.29) is 0 Å². The van der Waals surface area contributed by atoms with Gasteiger partial charge >= 0.3 is 0 Å². The van der Waals surface area contributed by atoms with Crippen molar-refractivity contribution in [3.8, 4) is 0 Å². The molecule has 0 aliphatic heterocycles. The Balaban J connectivity index is 2.05. The van der Waals surface area contributed by atoms with Crippen LogP contribution in [-0.2, 0) is 6.42 Å². The van der Waals surface area contributed by atoms with Gasteiger partial charge in [0, 0.05) is 30.9 Å². The molecule has 0 aliphatic carbocycles. The molecule has 17 heavy (non-hydrogen) atoms. The zero-order valence-corrected chi connectivity index (χ0v) is 11.0. The van der Waals surface area contributed by atoms with Crippen molar-refractivity contribution in [3.63, 3.8) is 0 Å². The first-order valence-electron chi connectivity index (χ1n) is 6.08. The average Bonchev–Trinajstić information content (AvgIpc) is 2.86. The van der Waals surface area contributed by atoms with E-state index in [0.29, 0.717) is 12.1 Å². The number of nitrogens with zero attached hydrogens (tertiary/aromatic N) is 4. The smallest absolute Gasteiger partial charge is 0.0951 e. The van der Waals surface area contributed by atoms with Crippen molar-refractivity contribution in [3.05, 3.63) is 36.4 Å². The van der Waals surface area contributed by atoms with E-state index in [4.69, 9.17) is 0 Å². The van der Waals surface area contributed by atoms with Gasteiger partial charge in [0.1, 0.15) is 0 Å². The van der Waals surface area contributed by atoms with Crippen LogP contribution >= 0.6 is 0 Å². The largest absolute Gasteiger partial charge is 0.335 e. The van der Waals surface area contributed by atoms with Crippen LogP contribution in [0, 0.1) is 6.92 Å². The van der Waals surface area contributed by atoms with Gasteiger partial charge in [0.05, 0.1) is 24.0 Å². The van der Waals surface area contributed by atoms with E-state index in [0.717, 1.165) is 17.8 Å². The number of aryl methyl sites for hydroxylation is 1. The molecule has 2 rings (SSSR count). The molecular weight excluding hydrogens is 212 g/mol.